The minimum absolute atomic E-state index is 0.161. The van der Waals surface area contributed by atoms with E-state index in [1.54, 1.807) is 19.1 Å². The molecule has 5 heteroatoms. The third kappa shape index (κ3) is 4.28. The van der Waals surface area contributed by atoms with Gasteiger partial charge in [0, 0.05) is 19.2 Å². The maximum Gasteiger partial charge on any atom is 0.326 e. The lowest BCUT2D eigenvalue weighted by Gasteiger charge is -2.23. The SMILES string of the molecule is CCC(C(=O)O)N(C)C(=O)CCc1ccc(N)cc1. The Morgan fingerprint density at radius 3 is 2.37 bits per heavy atom. The van der Waals surface area contributed by atoms with E-state index in [0.717, 1.165) is 5.56 Å². The lowest BCUT2D eigenvalue weighted by Crippen LogP contribution is -2.42. The number of hydrogen-bond donors (Lipinski definition) is 2. The fourth-order valence-corrected chi connectivity index (χ4v) is 1.90. The van der Waals surface area contributed by atoms with Gasteiger partial charge in [-0.05, 0) is 30.5 Å². The third-order valence-electron chi connectivity index (χ3n) is 3.14. The van der Waals surface area contributed by atoms with E-state index in [4.69, 9.17) is 10.8 Å². The lowest BCUT2D eigenvalue weighted by molar-refractivity contribution is -0.149. The Hall–Kier alpha value is -2.04. The smallest absolute Gasteiger partial charge is 0.326 e. The quantitative estimate of drug-likeness (QED) is 0.763. The van der Waals surface area contributed by atoms with Crippen molar-refractivity contribution in [2.75, 3.05) is 12.8 Å². The largest absolute Gasteiger partial charge is 0.480 e. The number of hydrogen-bond acceptors (Lipinski definition) is 3. The molecule has 0 aliphatic rings. The number of nitrogens with two attached hydrogens (primary N) is 1. The van der Waals surface area contributed by atoms with Gasteiger partial charge in [-0.15, -0.1) is 0 Å². The number of carbonyl (C=O) groups is 2. The van der Waals surface area contributed by atoms with Crippen molar-refractivity contribution >= 4 is 17.6 Å². The van der Waals surface area contributed by atoms with Gasteiger partial charge >= 0.3 is 5.97 Å². The summed E-state index contributed by atoms with van der Waals surface area (Å²) in [5.41, 5.74) is 7.28. The van der Waals surface area contributed by atoms with Gasteiger partial charge in [-0.2, -0.15) is 0 Å². The normalized spacial score (nSPS) is 11.9. The molecule has 0 aliphatic heterocycles. The second-order valence-corrected chi connectivity index (χ2v) is 4.51. The number of rotatable bonds is 6. The highest BCUT2D eigenvalue weighted by Crippen LogP contribution is 2.10. The van der Waals surface area contributed by atoms with E-state index >= 15 is 0 Å². The van der Waals surface area contributed by atoms with Crippen LogP contribution in [0, 0.1) is 0 Å². The molecule has 1 aromatic carbocycles. The summed E-state index contributed by atoms with van der Waals surface area (Å²) in [6, 6.07) is 6.57. The highest BCUT2D eigenvalue weighted by atomic mass is 16.4. The number of amides is 1. The maximum absolute atomic E-state index is 11.9. The zero-order valence-electron chi connectivity index (χ0n) is 11.3. The predicted octanol–water partition coefficient (Wildman–Crippen LogP) is 1.52. The minimum atomic E-state index is -0.967. The van der Waals surface area contributed by atoms with Crippen LogP contribution in [0.25, 0.3) is 0 Å². The second-order valence-electron chi connectivity index (χ2n) is 4.51. The average molecular weight is 264 g/mol. The van der Waals surface area contributed by atoms with E-state index in [1.807, 2.05) is 12.1 Å². The maximum atomic E-state index is 11.9. The minimum Gasteiger partial charge on any atom is -0.480 e. The highest BCUT2D eigenvalue weighted by Gasteiger charge is 2.24. The van der Waals surface area contributed by atoms with Crippen molar-refractivity contribution in [3.8, 4) is 0 Å². The number of nitrogens with zero attached hydrogens (tertiary/aromatic N) is 1. The Labute approximate surface area is 113 Å². The van der Waals surface area contributed by atoms with E-state index < -0.39 is 12.0 Å². The topological polar surface area (TPSA) is 83.6 Å². The van der Waals surface area contributed by atoms with Crippen molar-refractivity contribution in [2.24, 2.45) is 0 Å². The number of likely N-dealkylation sites (N-methyl/N-ethyl adjacent to an activating group) is 1. The molecular formula is C14H20N2O3. The van der Waals surface area contributed by atoms with Gasteiger partial charge in [-0.25, -0.2) is 4.79 Å². The van der Waals surface area contributed by atoms with E-state index in [-0.39, 0.29) is 5.91 Å². The van der Waals surface area contributed by atoms with Gasteiger partial charge in [-0.1, -0.05) is 19.1 Å². The summed E-state index contributed by atoms with van der Waals surface area (Å²) in [6.45, 7) is 1.75. The molecule has 1 rings (SSSR count). The molecule has 3 N–H and O–H groups in total. The zero-order valence-corrected chi connectivity index (χ0v) is 11.3. The molecule has 5 nitrogen and oxygen atoms in total. The van der Waals surface area contributed by atoms with Crippen LogP contribution in [0.5, 0.6) is 0 Å². The molecule has 104 valence electrons. The van der Waals surface area contributed by atoms with Crippen LogP contribution in [0.2, 0.25) is 0 Å². The molecule has 0 saturated heterocycles. The molecule has 19 heavy (non-hydrogen) atoms. The predicted molar refractivity (Wildman–Crippen MR) is 73.7 cm³/mol. The van der Waals surface area contributed by atoms with Crippen LogP contribution < -0.4 is 5.73 Å². The van der Waals surface area contributed by atoms with Gasteiger partial charge in [0.25, 0.3) is 0 Å². The Morgan fingerprint density at radius 1 is 1.32 bits per heavy atom. The summed E-state index contributed by atoms with van der Waals surface area (Å²) >= 11 is 0. The van der Waals surface area contributed by atoms with Gasteiger partial charge in [0.05, 0.1) is 0 Å². The molecule has 0 heterocycles. The van der Waals surface area contributed by atoms with E-state index in [9.17, 15) is 9.59 Å². The molecule has 0 bridgehead atoms. The Morgan fingerprint density at radius 2 is 1.89 bits per heavy atom. The molecule has 1 amide bonds. The molecule has 0 saturated carbocycles. The molecular weight excluding hydrogens is 244 g/mol. The first-order valence-electron chi connectivity index (χ1n) is 6.28. The van der Waals surface area contributed by atoms with Gasteiger partial charge in [0.2, 0.25) is 5.91 Å². The van der Waals surface area contributed by atoms with Crippen LogP contribution in [-0.4, -0.2) is 35.0 Å². The summed E-state index contributed by atoms with van der Waals surface area (Å²) in [6.07, 6.45) is 1.28. The number of benzene rings is 1. The van der Waals surface area contributed by atoms with Crippen LogP contribution in [0.3, 0.4) is 0 Å². The second kappa shape index (κ2) is 6.78. The van der Waals surface area contributed by atoms with Gasteiger partial charge in [-0.3, -0.25) is 4.79 Å². The summed E-state index contributed by atoms with van der Waals surface area (Å²) in [7, 11) is 1.54. The van der Waals surface area contributed by atoms with E-state index in [1.165, 1.54) is 11.9 Å². The van der Waals surface area contributed by atoms with E-state index in [0.29, 0.717) is 24.9 Å². The fourth-order valence-electron chi connectivity index (χ4n) is 1.90. The first-order chi connectivity index (χ1) is 8.95. The highest BCUT2D eigenvalue weighted by molar-refractivity contribution is 5.83. The van der Waals surface area contributed by atoms with Crippen molar-refractivity contribution in [2.45, 2.75) is 32.2 Å². The number of aryl methyl sites for hydroxylation is 1. The molecule has 1 aromatic rings. The molecule has 0 aromatic heterocycles. The zero-order chi connectivity index (χ0) is 14.4. The lowest BCUT2D eigenvalue weighted by atomic mass is 10.1. The van der Waals surface area contributed by atoms with Crippen molar-refractivity contribution in [1.29, 1.82) is 0 Å². The van der Waals surface area contributed by atoms with Crippen molar-refractivity contribution < 1.29 is 14.7 Å². The molecule has 0 spiro atoms. The number of anilines is 1. The van der Waals surface area contributed by atoms with Crippen molar-refractivity contribution in [3.05, 3.63) is 29.8 Å². The number of nitrogen functional groups attached to an aromatic ring is 1. The summed E-state index contributed by atoms with van der Waals surface area (Å²) < 4.78 is 0. The monoisotopic (exact) mass is 264 g/mol. The summed E-state index contributed by atoms with van der Waals surface area (Å²) in [5.74, 6) is -1.13. The summed E-state index contributed by atoms with van der Waals surface area (Å²) in [5, 5.41) is 9.00. The summed E-state index contributed by atoms with van der Waals surface area (Å²) in [4.78, 5) is 24.2. The van der Waals surface area contributed by atoms with Gasteiger partial charge < -0.3 is 15.7 Å². The number of carbonyl (C=O) groups excluding carboxylic acids is 1. The van der Waals surface area contributed by atoms with Crippen molar-refractivity contribution in [3.63, 3.8) is 0 Å². The molecule has 1 unspecified atom stereocenters. The Bertz CT molecular complexity index is 443. The average Bonchev–Trinajstić information content (AvgIpc) is 2.38. The van der Waals surface area contributed by atoms with Crippen LogP contribution in [0.15, 0.2) is 24.3 Å². The molecule has 0 fully saturated rings. The fraction of sp³-hybridized carbons (Fsp3) is 0.429. The van der Waals surface area contributed by atoms with Crippen LogP contribution in [0.4, 0.5) is 5.69 Å². The number of carboxylic acid groups (broad SMARTS) is 1. The van der Waals surface area contributed by atoms with Crippen molar-refractivity contribution in [1.82, 2.24) is 4.90 Å². The first-order valence-corrected chi connectivity index (χ1v) is 6.28. The Kier molecular flexibility index (Phi) is 5.36. The van der Waals surface area contributed by atoms with Gasteiger partial charge in [0.1, 0.15) is 6.04 Å². The number of carboxylic acids is 1. The van der Waals surface area contributed by atoms with Crippen LogP contribution in [0.1, 0.15) is 25.3 Å². The molecule has 0 aliphatic carbocycles. The van der Waals surface area contributed by atoms with Gasteiger partial charge in [0.15, 0.2) is 0 Å². The standard InChI is InChI=1S/C14H20N2O3/c1-3-12(14(18)19)16(2)13(17)9-6-10-4-7-11(15)8-5-10/h4-5,7-8,12H,3,6,9,15H2,1-2H3,(H,18,19). The number of aliphatic carboxylic acids is 1. The molecule has 1 atom stereocenters. The third-order valence-corrected chi connectivity index (χ3v) is 3.14. The van der Waals surface area contributed by atoms with E-state index in [2.05, 4.69) is 0 Å². The van der Waals surface area contributed by atoms with Crippen LogP contribution in [-0.2, 0) is 16.0 Å². The Balaban J connectivity index is 2.55. The molecule has 0 radical (unpaired) electrons. The first kappa shape index (κ1) is 15.0. The van der Waals surface area contributed by atoms with Crippen LogP contribution >= 0.6 is 0 Å².